The van der Waals surface area contributed by atoms with Gasteiger partial charge in [-0.1, -0.05) is 54.0 Å². The van der Waals surface area contributed by atoms with Crippen molar-refractivity contribution in [2.45, 2.75) is 51.4 Å². The van der Waals surface area contributed by atoms with Crippen LogP contribution in [-0.4, -0.2) is 23.5 Å². The van der Waals surface area contributed by atoms with E-state index < -0.39 is 0 Å². The molecule has 1 atom stereocenters. The molecule has 0 heterocycles. The molecule has 1 aliphatic carbocycles. The van der Waals surface area contributed by atoms with E-state index >= 15 is 0 Å². The Morgan fingerprint density at radius 2 is 1.71 bits per heavy atom. The maximum atomic E-state index is 12.2. The molecule has 1 fully saturated rings. The van der Waals surface area contributed by atoms with Crippen molar-refractivity contribution in [3.8, 4) is 0 Å². The lowest BCUT2D eigenvalue weighted by Gasteiger charge is -2.19. The minimum Gasteiger partial charge on any atom is -0.298 e. The monoisotopic (exact) mass is 255 g/mol. The molecular formula is C14H26NOP. The molecule has 1 unspecified atom stereocenters. The van der Waals surface area contributed by atoms with Crippen LogP contribution in [0.1, 0.15) is 51.4 Å². The molecule has 1 aliphatic rings. The molecular weight excluding hydrogens is 229 g/mol. The highest BCUT2D eigenvalue weighted by molar-refractivity contribution is 7.13. The summed E-state index contributed by atoms with van der Waals surface area (Å²) in [6.45, 7) is 5.02. The molecule has 0 N–H and O–H groups in total. The number of carbonyl (C=O) groups is 1. The number of rotatable bonds is 5. The Morgan fingerprint density at radius 1 is 1.18 bits per heavy atom. The van der Waals surface area contributed by atoms with Crippen molar-refractivity contribution >= 4 is 15.2 Å². The second kappa shape index (κ2) is 8.83. The van der Waals surface area contributed by atoms with Crippen LogP contribution < -0.4 is 0 Å². The Morgan fingerprint density at radius 3 is 2.24 bits per heavy atom. The summed E-state index contributed by atoms with van der Waals surface area (Å²) in [7, 11) is 2.62. The second-order valence-electron chi connectivity index (χ2n) is 5.08. The van der Waals surface area contributed by atoms with Crippen molar-refractivity contribution < 1.29 is 4.79 Å². The fourth-order valence-corrected chi connectivity index (χ4v) is 2.84. The van der Waals surface area contributed by atoms with Crippen molar-refractivity contribution in [3.05, 3.63) is 12.7 Å². The highest BCUT2D eigenvalue weighted by atomic mass is 31.0. The highest BCUT2D eigenvalue weighted by Gasteiger charge is 2.19. The Labute approximate surface area is 108 Å². The molecule has 17 heavy (non-hydrogen) atoms. The smallest absolute Gasteiger partial charge is 0.150 e. The highest BCUT2D eigenvalue weighted by Crippen LogP contribution is 2.23. The van der Waals surface area contributed by atoms with Crippen LogP contribution in [0.3, 0.4) is 0 Å². The largest absolute Gasteiger partial charge is 0.298 e. The van der Waals surface area contributed by atoms with Gasteiger partial charge in [-0.15, -0.1) is 6.58 Å². The number of Topliss-reactive ketones (excluding diaryl/α,β-unsaturated/α-hetero) is 1. The lowest BCUT2D eigenvalue weighted by Crippen LogP contribution is -2.27. The number of ketones is 1. The first-order chi connectivity index (χ1) is 8.24. The molecule has 3 heteroatoms. The SMILES string of the molecule is C=CCN(P)CC(=O)C1CCCCCCCC1. The van der Waals surface area contributed by atoms with Crippen molar-refractivity contribution in [2.24, 2.45) is 5.92 Å². The first-order valence-corrected chi connectivity index (χ1v) is 7.39. The van der Waals surface area contributed by atoms with Gasteiger partial charge < -0.3 is 0 Å². The zero-order valence-electron chi connectivity index (χ0n) is 10.9. The fraction of sp³-hybridized carbons (Fsp3) is 0.786. The molecule has 0 radical (unpaired) electrons. The van der Waals surface area contributed by atoms with Gasteiger partial charge in [0.2, 0.25) is 0 Å². The van der Waals surface area contributed by atoms with Gasteiger partial charge in [0.05, 0.1) is 6.54 Å². The summed E-state index contributed by atoms with van der Waals surface area (Å²) in [4.78, 5) is 12.2. The standard InChI is InChI=1S/C14H26NOP/c1-2-11-15(17)12-14(16)13-9-7-5-3-4-6-8-10-13/h2,13H,1,3-12,17H2. The minimum absolute atomic E-state index is 0.306. The Balaban J connectivity index is 2.38. The molecule has 1 rings (SSSR count). The topological polar surface area (TPSA) is 20.3 Å². The summed E-state index contributed by atoms with van der Waals surface area (Å²) in [5.41, 5.74) is 0. The van der Waals surface area contributed by atoms with Gasteiger partial charge in [0, 0.05) is 12.5 Å². The van der Waals surface area contributed by atoms with E-state index in [1.54, 1.807) is 0 Å². The van der Waals surface area contributed by atoms with E-state index in [2.05, 4.69) is 16.0 Å². The van der Waals surface area contributed by atoms with Crippen molar-refractivity contribution in [1.29, 1.82) is 0 Å². The van der Waals surface area contributed by atoms with E-state index in [-0.39, 0.29) is 0 Å². The molecule has 98 valence electrons. The minimum atomic E-state index is 0.306. The van der Waals surface area contributed by atoms with Crippen LogP contribution in [0, 0.1) is 5.92 Å². The Kier molecular flexibility index (Phi) is 7.72. The van der Waals surface area contributed by atoms with Gasteiger partial charge in [-0.25, -0.2) is 0 Å². The molecule has 0 aromatic heterocycles. The molecule has 0 aromatic carbocycles. The van der Waals surface area contributed by atoms with Crippen LogP contribution in [0.15, 0.2) is 12.7 Å². The van der Waals surface area contributed by atoms with Crippen molar-refractivity contribution in [1.82, 2.24) is 4.67 Å². The van der Waals surface area contributed by atoms with Crippen LogP contribution in [0.4, 0.5) is 0 Å². The van der Waals surface area contributed by atoms with Gasteiger partial charge in [0.25, 0.3) is 0 Å². The van der Waals surface area contributed by atoms with Crippen molar-refractivity contribution in [3.63, 3.8) is 0 Å². The van der Waals surface area contributed by atoms with Crippen LogP contribution in [0.2, 0.25) is 0 Å². The van der Waals surface area contributed by atoms with E-state index in [0.29, 0.717) is 18.2 Å². The van der Waals surface area contributed by atoms with E-state index in [0.717, 1.165) is 19.4 Å². The Hall–Kier alpha value is -0.200. The van der Waals surface area contributed by atoms with Crippen LogP contribution >= 0.6 is 9.39 Å². The number of hydrogen-bond donors (Lipinski definition) is 0. The first kappa shape index (κ1) is 14.9. The average molecular weight is 255 g/mol. The summed E-state index contributed by atoms with van der Waals surface area (Å²) in [5, 5.41) is 0. The van der Waals surface area contributed by atoms with E-state index in [4.69, 9.17) is 0 Å². The number of hydrogen-bond acceptors (Lipinski definition) is 2. The molecule has 0 aliphatic heterocycles. The molecule has 1 saturated carbocycles. The second-order valence-corrected chi connectivity index (χ2v) is 5.81. The van der Waals surface area contributed by atoms with Crippen LogP contribution in [0.5, 0.6) is 0 Å². The summed E-state index contributed by atoms with van der Waals surface area (Å²) >= 11 is 0. The van der Waals surface area contributed by atoms with Crippen LogP contribution in [0.25, 0.3) is 0 Å². The van der Waals surface area contributed by atoms with Crippen LogP contribution in [-0.2, 0) is 4.79 Å². The van der Waals surface area contributed by atoms with E-state index in [1.807, 2.05) is 10.7 Å². The van der Waals surface area contributed by atoms with Gasteiger partial charge >= 0.3 is 0 Å². The average Bonchev–Trinajstić information content (AvgIpc) is 2.42. The first-order valence-electron chi connectivity index (χ1n) is 6.87. The van der Waals surface area contributed by atoms with E-state index in [9.17, 15) is 4.79 Å². The molecule has 0 saturated heterocycles. The van der Waals surface area contributed by atoms with Gasteiger partial charge in [0.1, 0.15) is 5.78 Å². The zero-order chi connectivity index (χ0) is 12.5. The number of carbonyl (C=O) groups excluding carboxylic acids is 1. The third-order valence-corrected chi connectivity index (χ3v) is 3.93. The normalized spacial score (nSPS) is 19.4. The number of nitrogens with zero attached hydrogens (tertiary/aromatic N) is 1. The van der Waals surface area contributed by atoms with Gasteiger partial charge in [0.15, 0.2) is 0 Å². The lowest BCUT2D eigenvalue weighted by atomic mass is 9.92. The quantitative estimate of drug-likeness (QED) is 0.553. The maximum Gasteiger partial charge on any atom is 0.150 e. The molecule has 0 amide bonds. The van der Waals surface area contributed by atoms with Gasteiger partial charge in [-0.2, -0.15) is 0 Å². The van der Waals surface area contributed by atoms with Gasteiger partial charge in [-0.3, -0.25) is 9.46 Å². The molecule has 0 spiro atoms. The molecule has 0 aromatic rings. The van der Waals surface area contributed by atoms with Crippen molar-refractivity contribution in [2.75, 3.05) is 13.1 Å². The lowest BCUT2D eigenvalue weighted by molar-refractivity contribution is -0.123. The predicted octanol–water partition coefficient (Wildman–Crippen LogP) is 3.58. The Bertz CT molecular complexity index is 232. The van der Waals surface area contributed by atoms with Gasteiger partial charge in [-0.05, 0) is 12.8 Å². The third kappa shape index (κ3) is 6.33. The molecule has 0 bridgehead atoms. The zero-order valence-corrected chi connectivity index (χ0v) is 12.0. The summed E-state index contributed by atoms with van der Waals surface area (Å²) in [6.07, 6.45) is 11.8. The summed E-state index contributed by atoms with van der Waals surface area (Å²) < 4.78 is 1.97. The summed E-state index contributed by atoms with van der Waals surface area (Å²) in [6, 6.07) is 0. The maximum absolute atomic E-state index is 12.2. The third-order valence-electron chi connectivity index (χ3n) is 3.53. The summed E-state index contributed by atoms with van der Waals surface area (Å²) in [5.74, 6) is 0.727. The molecule has 2 nitrogen and oxygen atoms in total. The van der Waals surface area contributed by atoms with E-state index in [1.165, 1.54) is 38.5 Å². The fourth-order valence-electron chi connectivity index (χ4n) is 2.51. The predicted molar refractivity (Wildman–Crippen MR) is 76.9 cm³/mol.